The highest BCUT2D eigenvalue weighted by molar-refractivity contribution is 5.76. The Hall–Kier alpha value is -0.610. The molecule has 0 radical (unpaired) electrons. The molecule has 1 heterocycles. The minimum Gasteiger partial charge on any atom is -0.383 e. The fraction of sp³-hybridized carbons (Fsp3) is 0.933. The van der Waals surface area contributed by atoms with Crippen molar-refractivity contribution in [2.45, 2.75) is 52.0 Å². The molecule has 1 amide bonds. The number of ether oxygens (including phenoxy) is 1. The third-order valence-electron chi connectivity index (χ3n) is 4.10. The third kappa shape index (κ3) is 5.49. The summed E-state index contributed by atoms with van der Waals surface area (Å²) in [7, 11) is 1.70. The van der Waals surface area contributed by atoms with E-state index in [1.54, 1.807) is 7.11 Å². The normalized spacial score (nSPS) is 19.7. The Morgan fingerprint density at radius 1 is 1.42 bits per heavy atom. The predicted molar refractivity (Wildman–Crippen MR) is 78.2 cm³/mol. The van der Waals surface area contributed by atoms with E-state index in [0.29, 0.717) is 30.9 Å². The molecule has 0 aromatic rings. The summed E-state index contributed by atoms with van der Waals surface area (Å²) in [5, 5.41) is 3.38. The summed E-state index contributed by atoms with van der Waals surface area (Å²) >= 11 is 0. The van der Waals surface area contributed by atoms with Crippen LogP contribution < -0.4 is 5.32 Å². The molecule has 1 aliphatic rings. The first kappa shape index (κ1) is 16.4. The predicted octanol–water partition coefficient (Wildman–Crippen LogP) is 2.04. The van der Waals surface area contributed by atoms with Crippen molar-refractivity contribution in [3.05, 3.63) is 0 Å². The van der Waals surface area contributed by atoms with Gasteiger partial charge in [-0.25, -0.2) is 0 Å². The molecule has 1 unspecified atom stereocenters. The van der Waals surface area contributed by atoms with Crippen LogP contribution in [0.15, 0.2) is 0 Å². The minimum atomic E-state index is 0.305. The fourth-order valence-electron chi connectivity index (χ4n) is 2.89. The van der Waals surface area contributed by atoms with Gasteiger partial charge in [-0.2, -0.15) is 0 Å². The lowest BCUT2D eigenvalue weighted by Gasteiger charge is -2.32. The zero-order chi connectivity index (χ0) is 14.1. The molecule has 0 saturated carbocycles. The molecule has 4 nitrogen and oxygen atoms in total. The number of methoxy groups -OCH3 is 1. The van der Waals surface area contributed by atoms with Crippen LogP contribution >= 0.6 is 0 Å². The first-order valence-electron chi connectivity index (χ1n) is 7.72. The Morgan fingerprint density at radius 2 is 2.16 bits per heavy atom. The van der Waals surface area contributed by atoms with E-state index in [1.165, 1.54) is 12.8 Å². The average Bonchev–Trinajstić information content (AvgIpc) is 2.44. The first-order chi connectivity index (χ1) is 9.22. The summed E-state index contributed by atoms with van der Waals surface area (Å²) in [6.07, 6.45) is 5.11. The molecule has 19 heavy (non-hydrogen) atoms. The van der Waals surface area contributed by atoms with Gasteiger partial charge in [-0.1, -0.05) is 13.8 Å². The van der Waals surface area contributed by atoms with Gasteiger partial charge in [-0.05, 0) is 44.7 Å². The van der Waals surface area contributed by atoms with Crippen LogP contribution in [0.4, 0.5) is 0 Å². The third-order valence-corrected chi connectivity index (χ3v) is 4.10. The lowest BCUT2D eigenvalue weighted by molar-refractivity contribution is -0.135. The second-order valence-electron chi connectivity index (χ2n) is 5.47. The Labute approximate surface area is 117 Å². The van der Waals surface area contributed by atoms with Crippen LogP contribution in [0.25, 0.3) is 0 Å². The molecule has 1 saturated heterocycles. The molecule has 1 fully saturated rings. The van der Waals surface area contributed by atoms with Crippen molar-refractivity contribution < 1.29 is 9.53 Å². The highest BCUT2D eigenvalue weighted by Gasteiger charge is 2.24. The standard InChI is InChI=1S/C15H30N2O2/c1-4-14(5-2)17(9-10-19-3)15(18)11-13-7-6-8-16-12-13/h13-14,16H,4-12H2,1-3H3. The molecule has 1 N–H and O–H groups in total. The van der Waals surface area contributed by atoms with Gasteiger partial charge in [0.05, 0.1) is 6.61 Å². The number of rotatable bonds is 8. The highest BCUT2D eigenvalue weighted by atomic mass is 16.5. The number of piperidine rings is 1. The van der Waals surface area contributed by atoms with Gasteiger partial charge >= 0.3 is 0 Å². The van der Waals surface area contributed by atoms with Crippen molar-refractivity contribution in [2.24, 2.45) is 5.92 Å². The summed E-state index contributed by atoms with van der Waals surface area (Å²) in [5.41, 5.74) is 0. The fourth-order valence-corrected chi connectivity index (χ4v) is 2.89. The van der Waals surface area contributed by atoms with Crippen molar-refractivity contribution in [2.75, 3.05) is 33.4 Å². The Morgan fingerprint density at radius 3 is 2.68 bits per heavy atom. The smallest absolute Gasteiger partial charge is 0.223 e. The Balaban J connectivity index is 2.53. The van der Waals surface area contributed by atoms with Crippen LogP contribution in [0.1, 0.15) is 46.0 Å². The van der Waals surface area contributed by atoms with Crippen LogP contribution in [-0.4, -0.2) is 50.2 Å². The molecular weight excluding hydrogens is 240 g/mol. The number of hydrogen-bond acceptors (Lipinski definition) is 3. The van der Waals surface area contributed by atoms with E-state index in [0.717, 1.165) is 32.5 Å². The van der Waals surface area contributed by atoms with Crippen LogP contribution in [0.5, 0.6) is 0 Å². The highest BCUT2D eigenvalue weighted by Crippen LogP contribution is 2.18. The molecular formula is C15H30N2O2. The average molecular weight is 270 g/mol. The zero-order valence-electron chi connectivity index (χ0n) is 12.8. The summed E-state index contributed by atoms with van der Waals surface area (Å²) in [6.45, 7) is 7.76. The SMILES string of the molecule is CCC(CC)N(CCOC)C(=O)CC1CCCNC1. The van der Waals surface area contributed by atoms with Crippen LogP contribution in [-0.2, 0) is 9.53 Å². The summed E-state index contributed by atoms with van der Waals surface area (Å²) in [5.74, 6) is 0.820. The van der Waals surface area contributed by atoms with E-state index in [4.69, 9.17) is 4.74 Å². The molecule has 1 aliphatic heterocycles. The van der Waals surface area contributed by atoms with Crippen molar-refractivity contribution >= 4 is 5.91 Å². The summed E-state index contributed by atoms with van der Waals surface area (Å²) in [4.78, 5) is 14.6. The molecule has 0 aromatic heterocycles. The van der Waals surface area contributed by atoms with Gasteiger partial charge in [0.15, 0.2) is 0 Å². The molecule has 1 atom stereocenters. The van der Waals surface area contributed by atoms with Crippen LogP contribution in [0.3, 0.4) is 0 Å². The van der Waals surface area contributed by atoms with E-state index in [2.05, 4.69) is 19.2 Å². The van der Waals surface area contributed by atoms with Crippen molar-refractivity contribution in [3.8, 4) is 0 Å². The van der Waals surface area contributed by atoms with E-state index in [1.807, 2.05) is 4.90 Å². The van der Waals surface area contributed by atoms with Gasteiger partial charge in [0.25, 0.3) is 0 Å². The molecule has 1 rings (SSSR count). The number of carbonyl (C=O) groups is 1. The molecule has 112 valence electrons. The van der Waals surface area contributed by atoms with Crippen molar-refractivity contribution in [3.63, 3.8) is 0 Å². The largest absolute Gasteiger partial charge is 0.383 e. The van der Waals surface area contributed by atoms with Crippen LogP contribution in [0, 0.1) is 5.92 Å². The van der Waals surface area contributed by atoms with Gasteiger partial charge in [-0.15, -0.1) is 0 Å². The van der Waals surface area contributed by atoms with Gasteiger partial charge < -0.3 is 15.0 Å². The Kier molecular flexibility index (Phi) is 8.07. The van der Waals surface area contributed by atoms with E-state index >= 15 is 0 Å². The topological polar surface area (TPSA) is 41.6 Å². The van der Waals surface area contributed by atoms with E-state index < -0.39 is 0 Å². The number of carbonyl (C=O) groups excluding carboxylic acids is 1. The number of nitrogens with one attached hydrogen (secondary N) is 1. The van der Waals surface area contributed by atoms with E-state index in [-0.39, 0.29) is 0 Å². The second-order valence-corrected chi connectivity index (χ2v) is 5.47. The zero-order valence-corrected chi connectivity index (χ0v) is 12.8. The lowest BCUT2D eigenvalue weighted by Crippen LogP contribution is -2.43. The molecule has 0 aliphatic carbocycles. The molecule has 0 bridgehead atoms. The molecule has 4 heteroatoms. The Bertz CT molecular complexity index is 249. The molecule has 0 aromatic carbocycles. The van der Waals surface area contributed by atoms with Crippen LogP contribution in [0.2, 0.25) is 0 Å². The summed E-state index contributed by atoms with van der Waals surface area (Å²) in [6, 6.07) is 0.360. The lowest BCUT2D eigenvalue weighted by atomic mass is 9.95. The second kappa shape index (κ2) is 9.32. The summed E-state index contributed by atoms with van der Waals surface area (Å²) < 4.78 is 5.15. The van der Waals surface area contributed by atoms with Crippen molar-refractivity contribution in [1.29, 1.82) is 0 Å². The number of nitrogens with zero attached hydrogens (tertiary/aromatic N) is 1. The molecule has 0 spiro atoms. The first-order valence-corrected chi connectivity index (χ1v) is 7.72. The van der Waals surface area contributed by atoms with Gasteiger partial charge in [0.1, 0.15) is 0 Å². The quantitative estimate of drug-likeness (QED) is 0.734. The monoisotopic (exact) mass is 270 g/mol. The van der Waals surface area contributed by atoms with E-state index in [9.17, 15) is 4.79 Å². The van der Waals surface area contributed by atoms with Gasteiger partial charge in [0, 0.05) is 26.1 Å². The maximum atomic E-state index is 12.5. The number of amides is 1. The minimum absolute atomic E-state index is 0.305. The van der Waals surface area contributed by atoms with Crippen molar-refractivity contribution in [1.82, 2.24) is 10.2 Å². The maximum absolute atomic E-state index is 12.5. The maximum Gasteiger partial charge on any atom is 0.223 e. The van der Waals surface area contributed by atoms with Gasteiger partial charge in [0.2, 0.25) is 5.91 Å². The number of hydrogen-bond donors (Lipinski definition) is 1. The van der Waals surface area contributed by atoms with Gasteiger partial charge in [-0.3, -0.25) is 4.79 Å².